The molecule has 8 nitrogen and oxygen atoms in total. The molecule has 0 bridgehead atoms. The average molecular weight is 402 g/mol. The number of benzene rings is 2. The molecule has 0 spiro atoms. The smallest absolute Gasteiger partial charge is 0.413 e. The van der Waals surface area contributed by atoms with E-state index in [0.717, 1.165) is 5.56 Å². The van der Waals surface area contributed by atoms with Crippen molar-refractivity contribution in [2.45, 2.75) is 6.61 Å². The molecule has 0 aliphatic carbocycles. The number of aromatic nitrogens is 2. The van der Waals surface area contributed by atoms with Crippen LogP contribution in [0.25, 0.3) is 11.4 Å². The van der Waals surface area contributed by atoms with E-state index in [1.807, 2.05) is 0 Å². The van der Waals surface area contributed by atoms with Crippen LogP contribution < -0.4 is 4.90 Å². The summed E-state index contributed by atoms with van der Waals surface area (Å²) >= 11 is 5.86. The summed E-state index contributed by atoms with van der Waals surface area (Å²) in [6.45, 7) is -0.213. The van der Waals surface area contributed by atoms with Gasteiger partial charge in [-0.15, -0.1) is 0 Å². The van der Waals surface area contributed by atoms with Gasteiger partial charge in [-0.3, -0.25) is 4.90 Å². The molecule has 1 aromatic heterocycles. The summed E-state index contributed by atoms with van der Waals surface area (Å²) in [5.74, 6) is -0.150. The SMILES string of the molecule is COC(=O)N(C)c1ccccc1C(=O)OCc1nc(-c2ccc(Cl)cc2)no1. The molecule has 9 heteroatoms. The Balaban J connectivity index is 1.70. The predicted octanol–water partition coefficient (Wildman–Crippen LogP) is 3.95. The topological polar surface area (TPSA) is 94.8 Å². The Labute approximate surface area is 165 Å². The number of hydrogen-bond acceptors (Lipinski definition) is 7. The van der Waals surface area contributed by atoms with E-state index in [1.54, 1.807) is 48.5 Å². The number of rotatable bonds is 5. The maximum atomic E-state index is 12.5. The first-order chi connectivity index (χ1) is 13.5. The second-order valence-electron chi connectivity index (χ2n) is 5.64. The van der Waals surface area contributed by atoms with Gasteiger partial charge in [-0.05, 0) is 36.4 Å². The number of esters is 1. The third-order valence-corrected chi connectivity index (χ3v) is 4.08. The van der Waals surface area contributed by atoms with Crippen molar-refractivity contribution in [2.75, 3.05) is 19.1 Å². The molecule has 0 unspecified atom stereocenters. The van der Waals surface area contributed by atoms with Gasteiger partial charge < -0.3 is 14.0 Å². The molecule has 0 radical (unpaired) electrons. The first-order valence-corrected chi connectivity index (χ1v) is 8.53. The molecule has 1 heterocycles. The van der Waals surface area contributed by atoms with Crippen LogP contribution in [0.4, 0.5) is 10.5 Å². The lowest BCUT2D eigenvalue weighted by molar-refractivity contribution is 0.0430. The fourth-order valence-corrected chi connectivity index (χ4v) is 2.53. The molecule has 0 saturated carbocycles. The van der Waals surface area contributed by atoms with E-state index in [4.69, 9.17) is 20.9 Å². The van der Waals surface area contributed by atoms with E-state index in [-0.39, 0.29) is 18.1 Å². The third-order valence-electron chi connectivity index (χ3n) is 3.83. The largest absolute Gasteiger partial charge is 0.452 e. The van der Waals surface area contributed by atoms with Crippen LogP contribution in [-0.2, 0) is 16.1 Å². The molecule has 0 N–H and O–H groups in total. The lowest BCUT2D eigenvalue weighted by atomic mass is 10.1. The van der Waals surface area contributed by atoms with E-state index < -0.39 is 12.1 Å². The van der Waals surface area contributed by atoms with Crippen molar-refractivity contribution >= 4 is 29.4 Å². The van der Waals surface area contributed by atoms with Gasteiger partial charge in [0.1, 0.15) is 0 Å². The first kappa shape index (κ1) is 19.4. The number of anilines is 1. The molecule has 0 saturated heterocycles. The number of methoxy groups -OCH3 is 1. The molecule has 3 aromatic rings. The molecule has 1 amide bonds. The fourth-order valence-electron chi connectivity index (χ4n) is 2.41. The number of para-hydroxylation sites is 1. The standard InChI is InChI=1S/C19H16ClN3O5/c1-23(19(25)26-2)15-6-4-3-5-14(15)18(24)27-11-16-21-17(22-28-16)12-7-9-13(20)10-8-12/h3-10H,11H2,1-2H3. The highest BCUT2D eigenvalue weighted by Gasteiger charge is 2.20. The Morgan fingerprint density at radius 3 is 2.57 bits per heavy atom. The van der Waals surface area contributed by atoms with Crippen molar-refractivity contribution in [3.05, 3.63) is 65.0 Å². The summed E-state index contributed by atoms with van der Waals surface area (Å²) in [6.07, 6.45) is -0.607. The van der Waals surface area contributed by atoms with Crippen molar-refractivity contribution < 1.29 is 23.6 Å². The van der Waals surface area contributed by atoms with Crippen molar-refractivity contribution in [1.29, 1.82) is 0 Å². The molecule has 2 aromatic carbocycles. The lowest BCUT2D eigenvalue weighted by Crippen LogP contribution is -2.27. The molecular formula is C19H16ClN3O5. The van der Waals surface area contributed by atoms with Gasteiger partial charge in [0.05, 0.1) is 18.4 Å². The normalized spacial score (nSPS) is 10.4. The van der Waals surface area contributed by atoms with E-state index in [2.05, 4.69) is 14.9 Å². The number of carbonyl (C=O) groups is 2. The number of amides is 1. The van der Waals surface area contributed by atoms with Gasteiger partial charge in [-0.25, -0.2) is 9.59 Å². The lowest BCUT2D eigenvalue weighted by Gasteiger charge is -2.18. The molecule has 3 rings (SSSR count). The Bertz CT molecular complexity index is 987. The minimum absolute atomic E-state index is 0.136. The summed E-state index contributed by atoms with van der Waals surface area (Å²) in [4.78, 5) is 29.6. The monoisotopic (exact) mass is 401 g/mol. The first-order valence-electron chi connectivity index (χ1n) is 8.16. The number of nitrogens with zero attached hydrogens (tertiary/aromatic N) is 3. The Morgan fingerprint density at radius 1 is 1.14 bits per heavy atom. The van der Waals surface area contributed by atoms with Crippen LogP contribution in [0.2, 0.25) is 5.02 Å². The molecule has 144 valence electrons. The number of halogens is 1. The Morgan fingerprint density at radius 2 is 1.86 bits per heavy atom. The second kappa shape index (κ2) is 8.53. The number of hydrogen-bond donors (Lipinski definition) is 0. The van der Waals surface area contributed by atoms with Gasteiger partial charge in [0.15, 0.2) is 6.61 Å². The van der Waals surface area contributed by atoms with Gasteiger partial charge in [0, 0.05) is 17.6 Å². The maximum absolute atomic E-state index is 12.5. The Hall–Kier alpha value is -3.39. The van der Waals surface area contributed by atoms with Gasteiger partial charge in [-0.1, -0.05) is 28.9 Å². The van der Waals surface area contributed by atoms with Crippen molar-refractivity contribution in [3.8, 4) is 11.4 Å². The quantitative estimate of drug-likeness (QED) is 0.597. The van der Waals surface area contributed by atoms with Crippen LogP contribution in [0.3, 0.4) is 0 Å². The van der Waals surface area contributed by atoms with Gasteiger partial charge in [0.2, 0.25) is 5.82 Å². The molecule has 0 fully saturated rings. The minimum atomic E-state index is -0.641. The molecule has 0 atom stereocenters. The summed E-state index contributed by atoms with van der Waals surface area (Å²) in [5.41, 5.74) is 1.27. The average Bonchev–Trinajstić information content (AvgIpc) is 3.20. The molecular weight excluding hydrogens is 386 g/mol. The summed E-state index contributed by atoms with van der Waals surface area (Å²) < 4.78 is 15.0. The summed E-state index contributed by atoms with van der Waals surface area (Å²) in [5, 5.41) is 4.45. The van der Waals surface area contributed by atoms with E-state index in [9.17, 15) is 9.59 Å². The second-order valence-corrected chi connectivity index (χ2v) is 6.08. The van der Waals surface area contributed by atoms with E-state index in [1.165, 1.54) is 19.1 Å². The number of carbonyl (C=O) groups excluding carboxylic acids is 2. The van der Waals surface area contributed by atoms with Crippen LogP contribution in [0.15, 0.2) is 53.1 Å². The third kappa shape index (κ3) is 4.29. The predicted molar refractivity (Wildman–Crippen MR) is 101 cm³/mol. The van der Waals surface area contributed by atoms with Crippen molar-refractivity contribution in [2.24, 2.45) is 0 Å². The highest BCUT2D eigenvalue weighted by Crippen LogP contribution is 2.22. The van der Waals surface area contributed by atoms with Gasteiger partial charge in [0.25, 0.3) is 5.89 Å². The van der Waals surface area contributed by atoms with Crippen molar-refractivity contribution in [1.82, 2.24) is 10.1 Å². The maximum Gasteiger partial charge on any atom is 0.413 e. The number of ether oxygens (including phenoxy) is 2. The summed E-state index contributed by atoms with van der Waals surface area (Å²) in [7, 11) is 2.75. The minimum Gasteiger partial charge on any atom is -0.452 e. The fraction of sp³-hybridized carbons (Fsp3) is 0.158. The van der Waals surface area contributed by atoms with Crippen LogP contribution in [0.5, 0.6) is 0 Å². The summed E-state index contributed by atoms with van der Waals surface area (Å²) in [6, 6.07) is 13.4. The van der Waals surface area contributed by atoms with Gasteiger partial charge >= 0.3 is 12.1 Å². The zero-order chi connectivity index (χ0) is 20.1. The molecule has 0 aliphatic rings. The molecule has 28 heavy (non-hydrogen) atoms. The highest BCUT2D eigenvalue weighted by atomic mass is 35.5. The van der Waals surface area contributed by atoms with Crippen LogP contribution in [0.1, 0.15) is 16.2 Å². The van der Waals surface area contributed by atoms with Crippen LogP contribution in [-0.4, -0.2) is 36.4 Å². The zero-order valence-corrected chi connectivity index (χ0v) is 15.8. The van der Waals surface area contributed by atoms with Gasteiger partial charge in [-0.2, -0.15) is 4.98 Å². The zero-order valence-electron chi connectivity index (χ0n) is 15.1. The Kier molecular flexibility index (Phi) is 5.90. The van der Waals surface area contributed by atoms with E-state index in [0.29, 0.717) is 16.5 Å². The highest BCUT2D eigenvalue weighted by molar-refractivity contribution is 6.30. The van der Waals surface area contributed by atoms with Crippen molar-refractivity contribution in [3.63, 3.8) is 0 Å². The van der Waals surface area contributed by atoms with E-state index >= 15 is 0 Å². The molecule has 0 aliphatic heterocycles. The van der Waals surface area contributed by atoms with Crippen LogP contribution >= 0.6 is 11.6 Å². The van der Waals surface area contributed by atoms with Crippen LogP contribution in [0, 0.1) is 0 Å².